The van der Waals surface area contributed by atoms with Crippen LogP contribution >= 0.6 is 0 Å². The third-order valence-electron chi connectivity index (χ3n) is 5.63. The zero-order chi connectivity index (χ0) is 22.5. The molecule has 0 unspecified atom stereocenters. The number of ether oxygens (including phenoxy) is 2. The molecule has 1 aromatic carbocycles. The lowest BCUT2D eigenvalue weighted by Crippen LogP contribution is -2.34. The number of fused-ring (bicyclic) bond motifs is 1. The van der Waals surface area contributed by atoms with Crippen LogP contribution in [-0.2, 0) is 16.0 Å². The number of hydrogen-bond donors (Lipinski definition) is 1. The Morgan fingerprint density at radius 2 is 2.09 bits per heavy atom. The molecule has 7 nitrogen and oxygen atoms in total. The highest BCUT2D eigenvalue weighted by atomic mass is 16.5. The van der Waals surface area contributed by atoms with E-state index in [2.05, 4.69) is 16.4 Å². The molecule has 1 aromatic heterocycles. The predicted octanol–water partition coefficient (Wildman–Crippen LogP) is 3.53. The summed E-state index contributed by atoms with van der Waals surface area (Å²) in [4.78, 5) is 30.1. The van der Waals surface area contributed by atoms with Gasteiger partial charge in [-0.05, 0) is 66.3 Å². The number of methoxy groups -OCH3 is 1. The maximum absolute atomic E-state index is 12.6. The summed E-state index contributed by atoms with van der Waals surface area (Å²) in [5.74, 6) is 2.02. The van der Waals surface area contributed by atoms with Crippen molar-refractivity contribution in [1.29, 1.82) is 0 Å². The number of nitrogens with one attached hydrogen (secondary N) is 1. The maximum atomic E-state index is 12.6. The minimum absolute atomic E-state index is 0.00982. The average Bonchev–Trinajstić information content (AvgIpc) is 2.82. The summed E-state index contributed by atoms with van der Waals surface area (Å²) in [5.41, 5.74) is 4.13. The topological polar surface area (TPSA) is 80.8 Å². The van der Waals surface area contributed by atoms with E-state index in [4.69, 9.17) is 9.47 Å². The van der Waals surface area contributed by atoms with Crippen molar-refractivity contribution in [3.05, 3.63) is 64.9 Å². The van der Waals surface area contributed by atoms with Crippen LogP contribution < -0.4 is 14.8 Å². The van der Waals surface area contributed by atoms with Gasteiger partial charge in [0.2, 0.25) is 11.8 Å². The van der Waals surface area contributed by atoms with Gasteiger partial charge in [-0.25, -0.2) is 4.98 Å². The number of nitrogens with zero attached hydrogens (tertiary/aromatic N) is 2. The van der Waals surface area contributed by atoms with Crippen LogP contribution in [0.25, 0.3) is 6.08 Å². The van der Waals surface area contributed by atoms with Gasteiger partial charge in [0.15, 0.2) is 11.5 Å². The Labute approximate surface area is 187 Å². The molecule has 0 radical (unpaired) electrons. The van der Waals surface area contributed by atoms with Crippen LogP contribution in [0.1, 0.15) is 29.5 Å². The first-order chi connectivity index (χ1) is 15.5. The predicted molar refractivity (Wildman–Crippen MR) is 123 cm³/mol. The molecule has 4 rings (SSSR count). The quantitative estimate of drug-likeness (QED) is 0.557. The summed E-state index contributed by atoms with van der Waals surface area (Å²) in [6.07, 6.45) is 8.98. The number of carbonyl (C=O) groups excluding carboxylic acids is 2. The Bertz CT molecular complexity index is 1090. The Morgan fingerprint density at radius 1 is 1.22 bits per heavy atom. The van der Waals surface area contributed by atoms with E-state index in [0.717, 1.165) is 34.6 Å². The molecule has 32 heavy (non-hydrogen) atoms. The van der Waals surface area contributed by atoms with Gasteiger partial charge in [0.25, 0.3) is 0 Å². The van der Waals surface area contributed by atoms with Gasteiger partial charge >= 0.3 is 0 Å². The Kier molecular flexibility index (Phi) is 6.54. The highest BCUT2D eigenvalue weighted by Gasteiger charge is 2.17. The molecule has 0 saturated carbocycles. The molecule has 1 N–H and O–H groups in total. The molecule has 166 valence electrons. The largest absolute Gasteiger partial charge is 0.493 e. The molecule has 0 saturated heterocycles. The molecular formula is C25H27N3O4. The lowest BCUT2D eigenvalue weighted by Gasteiger charge is -2.25. The summed E-state index contributed by atoms with van der Waals surface area (Å²) >= 11 is 0. The molecule has 0 bridgehead atoms. The van der Waals surface area contributed by atoms with Gasteiger partial charge in [0, 0.05) is 31.8 Å². The van der Waals surface area contributed by atoms with Crippen LogP contribution in [0.3, 0.4) is 0 Å². The number of hydrogen-bond acceptors (Lipinski definition) is 5. The third kappa shape index (κ3) is 5.17. The van der Waals surface area contributed by atoms with E-state index in [-0.39, 0.29) is 11.8 Å². The van der Waals surface area contributed by atoms with Crippen LogP contribution in [-0.4, -0.2) is 48.5 Å². The Hall–Kier alpha value is -3.61. The van der Waals surface area contributed by atoms with Gasteiger partial charge in [-0.3, -0.25) is 9.59 Å². The van der Waals surface area contributed by atoms with E-state index in [0.29, 0.717) is 38.4 Å². The van der Waals surface area contributed by atoms with Gasteiger partial charge < -0.3 is 19.7 Å². The summed E-state index contributed by atoms with van der Waals surface area (Å²) in [6.45, 7) is 3.70. The molecule has 2 aliphatic rings. The summed E-state index contributed by atoms with van der Waals surface area (Å²) in [5, 5.41) is 2.76. The Morgan fingerprint density at radius 3 is 2.88 bits per heavy atom. The molecule has 7 heteroatoms. The number of benzene rings is 1. The minimum atomic E-state index is -0.0348. The van der Waals surface area contributed by atoms with Crippen LogP contribution in [0.5, 0.6) is 11.5 Å². The summed E-state index contributed by atoms with van der Waals surface area (Å²) < 4.78 is 11.3. The lowest BCUT2D eigenvalue weighted by atomic mass is 10.0. The van der Waals surface area contributed by atoms with E-state index in [1.807, 2.05) is 31.2 Å². The van der Waals surface area contributed by atoms with Gasteiger partial charge in [0.05, 0.1) is 7.11 Å². The van der Waals surface area contributed by atoms with Crippen molar-refractivity contribution in [1.82, 2.24) is 9.88 Å². The fraction of sp³-hybridized carbons (Fsp3) is 0.320. The molecule has 0 atom stereocenters. The van der Waals surface area contributed by atoms with Gasteiger partial charge in [-0.15, -0.1) is 0 Å². The SMILES string of the molecule is COc1cc(C)ccc1OCC1=CCN(C(=O)C=Cc2cnc3c(c2)CCC(=O)N3)CC1. The number of carbonyl (C=O) groups is 2. The molecule has 0 fully saturated rings. The molecule has 3 heterocycles. The van der Waals surface area contributed by atoms with Crippen LogP contribution in [0.2, 0.25) is 0 Å². The lowest BCUT2D eigenvalue weighted by molar-refractivity contribution is -0.125. The number of aryl methyl sites for hydroxylation is 2. The number of amides is 2. The van der Waals surface area contributed by atoms with Crippen molar-refractivity contribution >= 4 is 23.7 Å². The van der Waals surface area contributed by atoms with Gasteiger partial charge in [0.1, 0.15) is 12.4 Å². The highest BCUT2D eigenvalue weighted by molar-refractivity contribution is 5.94. The zero-order valence-electron chi connectivity index (χ0n) is 18.4. The standard InChI is InChI=1S/C25H27N3O4/c1-17-3-6-21(22(13-17)31-2)32-16-18-9-11-28(12-10-18)24(30)8-4-19-14-20-5-7-23(29)27-25(20)26-15-19/h3-4,6,8-9,13-15H,5,7,10-12,16H2,1-2H3,(H,26,27,29). The number of anilines is 1. The summed E-state index contributed by atoms with van der Waals surface area (Å²) in [7, 11) is 1.64. The van der Waals surface area contributed by atoms with Crippen molar-refractivity contribution in [2.45, 2.75) is 26.2 Å². The van der Waals surface area contributed by atoms with E-state index < -0.39 is 0 Å². The van der Waals surface area contributed by atoms with Gasteiger partial charge in [-0.1, -0.05) is 12.1 Å². The normalized spacial score (nSPS) is 15.8. The van der Waals surface area contributed by atoms with Crippen molar-refractivity contribution in [2.75, 3.05) is 32.1 Å². The van der Waals surface area contributed by atoms with Crippen molar-refractivity contribution in [3.8, 4) is 11.5 Å². The second-order valence-corrected chi connectivity index (χ2v) is 8.00. The van der Waals surface area contributed by atoms with Crippen molar-refractivity contribution in [3.63, 3.8) is 0 Å². The number of aromatic nitrogens is 1. The third-order valence-corrected chi connectivity index (χ3v) is 5.63. The molecular weight excluding hydrogens is 406 g/mol. The second kappa shape index (κ2) is 9.68. The summed E-state index contributed by atoms with van der Waals surface area (Å²) in [6, 6.07) is 7.83. The number of pyridine rings is 1. The van der Waals surface area contributed by atoms with Crippen molar-refractivity contribution < 1.29 is 19.1 Å². The highest BCUT2D eigenvalue weighted by Crippen LogP contribution is 2.28. The van der Waals surface area contributed by atoms with E-state index >= 15 is 0 Å². The molecule has 0 spiro atoms. The molecule has 2 amide bonds. The van der Waals surface area contributed by atoms with Crippen LogP contribution in [0, 0.1) is 6.92 Å². The fourth-order valence-corrected chi connectivity index (χ4v) is 3.75. The minimum Gasteiger partial charge on any atom is -0.493 e. The zero-order valence-corrected chi connectivity index (χ0v) is 18.4. The first-order valence-corrected chi connectivity index (χ1v) is 10.7. The first kappa shape index (κ1) is 21.6. The van der Waals surface area contributed by atoms with Crippen LogP contribution in [0.15, 0.2) is 48.2 Å². The van der Waals surface area contributed by atoms with Crippen molar-refractivity contribution in [2.24, 2.45) is 0 Å². The van der Waals surface area contributed by atoms with E-state index in [1.165, 1.54) is 5.57 Å². The maximum Gasteiger partial charge on any atom is 0.246 e. The second-order valence-electron chi connectivity index (χ2n) is 8.00. The molecule has 2 aliphatic heterocycles. The monoisotopic (exact) mass is 433 g/mol. The molecule has 2 aromatic rings. The van der Waals surface area contributed by atoms with Crippen LogP contribution in [0.4, 0.5) is 5.82 Å². The van der Waals surface area contributed by atoms with Gasteiger partial charge in [-0.2, -0.15) is 0 Å². The number of rotatable bonds is 6. The van der Waals surface area contributed by atoms with E-state index in [9.17, 15) is 9.59 Å². The first-order valence-electron chi connectivity index (χ1n) is 10.7. The average molecular weight is 434 g/mol. The van der Waals surface area contributed by atoms with E-state index in [1.54, 1.807) is 30.4 Å². The smallest absolute Gasteiger partial charge is 0.246 e. The Balaban J connectivity index is 1.31. The molecule has 0 aliphatic carbocycles. The fourth-order valence-electron chi connectivity index (χ4n) is 3.75.